The number of anilines is 2. The van der Waals surface area contributed by atoms with Crippen LogP contribution in [0, 0.1) is 0 Å². The van der Waals surface area contributed by atoms with E-state index in [4.69, 9.17) is 10.8 Å². The van der Waals surface area contributed by atoms with Crippen LogP contribution in [-0.2, 0) is 0 Å². The van der Waals surface area contributed by atoms with Gasteiger partial charge in [0.15, 0.2) is 0 Å². The molecule has 2 rings (SSSR count). The lowest BCUT2D eigenvalue weighted by Gasteiger charge is -2.28. The second-order valence-electron chi connectivity index (χ2n) is 6.02. The molecule has 0 spiro atoms. The Bertz CT molecular complexity index is 445. The second-order valence-corrected chi connectivity index (χ2v) is 6.02. The first kappa shape index (κ1) is 15.0. The van der Waals surface area contributed by atoms with Gasteiger partial charge >= 0.3 is 0 Å². The molecule has 1 aromatic heterocycles. The van der Waals surface area contributed by atoms with Crippen molar-refractivity contribution in [1.29, 1.82) is 0 Å². The molecule has 0 bridgehead atoms. The summed E-state index contributed by atoms with van der Waals surface area (Å²) < 4.78 is 0. The summed E-state index contributed by atoms with van der Waals surface area (Å²) in [5.41, 5.74) is 2.65. The number of rotatable bonds is 5. The Balaban J connectivity index is 2.28. The minimum Gasteiger partial charge on any atom is -0.352 e. The third kappa shape index (κ3) is 3.37. The second kappa shape index (κ2) is 6.37. The van der Waals surface area contributed by atoms with Gasteiger partial charge in [0.1, 0.15) is 17.5 Å². The van der Waals surface area contributed by atoms with E-state index in [1.54, 1.807) is 0 Å². The van der Waals surface area contributed by atoms with Gasteiger partial charge in [-0.05, 0) is 26.9 Å². The number of hydrazine groups is 1. The molecule has 1 atom stereocenters. The van der Waals surface area contributed by atoms with Crippen molar-refractivity contribution in [3.63, 3.8) is 0 Å². The maximum atomic E-state index is 5.53. The molecule has 1 fully saturated rings. The molecule has 0 radical (unpaired) electrons. The number of likely N-dealkylation sites (N-methyl/N-ethyl adjacent to an activating group) is 1. The molecule has 1 aliphatic heterocycles. The predicted molar refractivity (Wildman–Crippen MR) is 82.9 cm³/mol. The van der Waals surface area contributed by atoms with Gasteiger partial charge in [-0.1, -0.05) is 13.8 Å². The predicted octanol–water partition coefficient (Wildman–Crippen LogP) is 1.42. The Morgan fingerprint density at radius 2 is 2.20 bits per heavy atom. The van der Waals surface area contributed by atoms with Crippen molar-refractivity contribution in [3.8, 4) is 0 Å². The van der Waals surface area contributed by atoms with Gasteiger partial charge in [-0.3, -0.25) is 0 Å². The molecule has 112 valence electrons. The van der Waals surface area contributed by atoms with Gasteiger partial charge in [0, 0.05) is 31.1 Å². The summed E-state index contributed by atoms with van der Waals surface area (Å²) in [6.45, 7) is 6.30. The summed E-state index contributed by atoms with van der Waals surface area (Å²) in [4.78, 5) is 13.8. The lowest BCUT2D eigenvalue weighted by Crippen LogP contribution is -2.38. The first-order chi connectivity index (χ1) is 9.51. The van der Waals surface area contributed by atoms with E-state index in [0.29, 0.717) is 11.9 Å². The normalized spacial score (nSPS) is 19.1. The zero-order chi connectivity index (χ0) is 14.7. The van der Waals surface area contributed by atoms with Crippen molar-refractivity contribution >= 4 is 11.6 Å². The van der Waals surface area contributed by atoms with Gasteiger partial charge < -0.3 is 15.2 Å². The monoisotopic (exact) mass is 278 g/mol. The average molecular weight is 278 g/mol. The first-order valence-corrected chi connectivity index (χ1v) is 7.28. The molecule has 1 aromatic rings. The fourth-order valence-electron chi connectivity index (χ4n) is 2.68. The van der Waals surface area contributed by atoms with E-state index >= 15 is 0 Å². The minimum atomic E-state index is 0.289. The van der Waals surface area contributed by atoms with E-state index in [1.165, 1.54) is 12.8 Å². The smallest absolute Gasteiger partial charge is 0.145 e. The molecule has 0 saturated carbocycles. The molecule has 0 aliphatic carbocycles. The van der Waals surface area contributed by atoms with Gasteiger partial charge in [-0.2, -0.15) is 0 Å². The Labute approximate surface area is 121 Å². The molecular formula is C14H26N6. The van der Waals surface area contributed by atoms with Crippen LogP contribution in [0.25, 0.3) is 0 Å². The van der Waals surface area contributed by atoms with E-state index < -0.39 is 0 Å². The molecule has 20 heavy (non-hydrogen) atoms. The zero-order valence-corrected chi connectivity index (χ0v) is 12.9. The quantitative estimate of drug-likeness (QED) is 0.627. The third-order valence-electron chi connectivity index (χ3n) is 3.64. The van der Waals surface area contributed by atoms with Crippen molar-refractivity contribution in [2.24, 2.45) is 5.84 Å². The van der Waals surface area contributed by atoms with Crippen molar-refractivity contribution in [2.45, 2.75) is 38.6 Å². The number of hydrogen-bond donors (Lipinski definition) is 2. The van der Waals surface area contributed by atoms with E-state index in [2.05, 4.69) is 48.2 Å². The topological polar surface area (TPSA) is 70.3 Å². The largest absolute Gasteiger partial charge is 0.352 e. The highest BCUT2D eigenvalue weighted by Crippen LogP contribution is 2.27. The SMILES string of the molecule is CC(C)c1nc(NN)cc(N2CCCC2CN(C)C)n1. The molecule has 6 nitrogen and oxygen atoms in total. The maximum absolute atomic E-state index is 5.53. The molecule has 1 aliphatic rings. The number of hydrogen-bond acceptors (Lipinski definition) is 6. The fraction of sp³-hybridized carbons (Fsp3) is 0.714. The van der Waals surface area contributed by atoms with Crippen LogP contribution in [0.1, 0.15) is 38.4 Å². The molecule has 0 aromatic carbocycles. The van der Waals surface area contributed by atoms with E-state index in [0.717, 1.165) is 24.7 Å². The number of aromatic nitrogens is 2. The first-order valence-electron chi connectivity index (χ1n) is 7.28. The Morgan fingerprint density at radius 3 is 2.80 bits per heavy atom. The number of nitrogens with one attached hydrogen (secondary N) is 1. The highest BCUT2D eigenvalue weighted by molar-refractivity contribution is 5.50. The Morgan fingerprint density at radius 1 is 1.45 bits per heavy atom. The minimum absolute atomic E-state index is 0.289. The molecule has 2 heterocycles. The summed E-state index contributed by atoms with van der Waals surface area (Å²) in [6.07, 6.45) is 2.43. The van der Waals surface area contributed by atoms with Crippen molar-refractivity contribution in [3.05, 3.63) is 11.9 Å². The van der Waals surface area contributed by atoms with Crippen molar-refractivity contribution < 1.29 is 0 Å². The van der Waals surface area contributed by atoms with Crippen LogP contribution >= 0.6 is 0 Å². The highest BCUT2D eigenvalue weighted by Gasteiger charge is 2.27. The van der Waals surface area contributed by atoms with Gasteiger partial charge in [0.25, 0.3) is 0 Å². The Hall–Kier alpha value is -1.40. The zero-order valence-electron chi connectivity index (χ0n) is 12.9. The summed E-state index contributed by atoms with van der Waals surface area (Å²) in [7, 11) is 4.23. The van der Waals surface area contributed by atoms with Crippen LogP contribution in [0.15, 0.2) is 6.07 Å². The fourth-order valence-corrected chi connectivity index (χ4v) is 2.68. The van der Waals surface area contributed by atoms with Crippen LogP contribution < -0.4 is 16.2 Å². The standard InChI is InChI=1S/C14H26N6/c1-10(2)14-16-12(18-15)8-13(17-14)20-7-5-6-11(20)9-19(3)4/h8,10-11H,5-7,9,15H2,1-4H3,(H,16,17,18). The van der Waals surface area contributed by atoms with Crippen molar-refractivity contribution in [2.75, 3.05) is 37.5 Å². The van der Waals surface area contributed by atoms with Crippen LogP contribution in [0.3, 0.4) is 0 Å². The number of nitrogens with two attached hydrogens (primary N) is 1. The summed E-state index contributed by atoms with van der Waals surface area (Å²) in [6, 6.07) is 2.46. The highest BCUT2D eigenvalue weighted by atomic mass is 15.3. The van der Waals surface area contributed by atoms with Gasteiger partial charge in [-0.15, -0.1) is 0 Å². The molecule has 3 N–H and O–H groups in total. The average Bonchev–Trinajstić information content (AvgIpc) is 2.85. The third-order valence-corrected chi connectivity index (χ3v) is 3.64. The summed E-state index contributed by atoms with van der Waals surface area (Å²) in [5, 5.41) is 0. The van der Waals surface area contributed by atoms with Gasteiger partial charge in [0.2, 0.25) is 0 Å². The summed E-state index contributed by atoms with van der Waals surface area (Å²) in [5.74, 6) is 8.34. The lowest BCUT2D eigenvalue weighted by atomic mass is 10.2. The van der Waals surface area contributed by atoms with Gasteiger partial charge in [0.05, 0.1) is 0 Å². The van der Waals surface area contributed by atoms with Crippen LogP contribution in [0.2, 0.25) is 0 Å². The van der Waals surface area contributed by atoms with Gasteiger partial charge in [-0.25, -0.2) is 15.8 Å². The van der Waals surface area contributed by atoms with E-state index in [1.807, 2.05) is 6.07 Å². The van der Waals surface area contributed by atoms with E-state index in [9.17, 15) is 0 Å². The van der Waals surface area contributed by atoms with Crippen LogP contribution in [0.4, 0.5) is 11.6 Å². The Kier molecular flexibility index (Phi) is 4.77. The molecule has 0 amide bonds. The van der Waals surface area contributed by atoms with Crippen molar-refractivity contribution in [1.82, 2.24) is 14.9 Å². The number of nitrogen functional groups attached to an aromatic ring is 1. The van der Waals surface area contributed by atoms with E-state index in [-0.39, 0.29) is 5.92 Å². The maximum Gasteiger partial charge on any atom is 0.145 e. The molecule has 1 saturated heterocycles. The molecule has 6 heteroatoms. The lowest BCUT2D eigenvalue weighted by molar-refractivity contribution is 0.371. The number of nitrogens with zero attached hydrogens (tertiary/aromatic N) is 4. The molecule has 1 unspecified atom stereocenters. The summed E-state index contributed by atoms with van der Waals surface area (Å²) >= 11 is 0. The van der Waals surface area contributed by atoms with Crippen LogP contribution in [-0.4, -0.2) is 48.1 Å². The molecular weight excluding hydrogens is 252 g/mol. The van der Waals surface area contributed by atoms with Crippen LogP contribution in [0.5, 0.6) is 0 Å².